The van der Waals surface area contributed by atoms with E-state index in [0.29, 0.717) is 13.0 Å². The normalized spacial score (nSPS) is 12.0. The van der Waals surface area contributed by atoms with Crippen LogP contribution >= 0.6 is 0 Å². The molecule has 0 aromatic heterocycles. The fourth-order valence-corrected chi connectivity index (χ4v) is 5.65. The van der Waals surface area contributed by atoms with Crippen molar-refractivity contribution < 1.29 is 22.4 Å². The van der Waals surface area contributed by atoms with Gasteiger partial charge in [0, 0.05) is 13.1 Å². The van der Waals surface area contributed by atoms with Crippen molar-refractivity contribution in [3.63, 3.8) is 0 Å². The number of hydrogen-bond acceptors (Lipinski definition) is 4. The van der Waals surface area contributed by atoms with Crippen LogP contribution in [0.5, 0.6) is 0 Å². The van der Waals surface area contributed by atoms with Crippen LogP contribution in [0.4, 0.5) is 10.1 Å². The van der Waals surface area contributed by atoms with Gasteiger partial charge in [0.25, 0.3) is 10.0 Å². The molecule has 0 fully saturated rings. The zero-order valence-electron chi connectivity index (χ0n) is 22.1. The first-order valence-electron chi connectivity index (χ1n) is 12.5. The van der Waals surface area contributed by atoms with Gasteiger partial charge in [-0.15, -0.1) is 0 Å². The first kappa shape index (κ1) is 28.8. The molecule has 0 aliphatic heterocycles. The van der Waals surface area contributed by atoms with Crippen molar-refractivity contribution in [2.75, 3.05) is 17.4 Å². The maximum absolute atomic E-state index is 15.0. The van der Waals surface area contributed by atoms with E-state index in [1.54, 1.807) is 26.0 Å². The molecular weight excluding hydrogens is 505 g/mol. The lowest BCUT2D eigenvalue weighted by Gasteiger charge is -2.33. The molecule has 0 aliphatic carbocycles. The lowest BCUT2D eigenvalue weighted by molar-refractivity contribution is -0.140. The lowest BCUT2D eigenvalue weighted by Crippen LogP contribution is -2.52. The molecule has 3 aromatic carbocycles. The van der Waals surface area contributed by atoms with E-state index in [2.05, 4.69) is 5.32 Å². The summed E-state index contributed by atoms with van der Waals surface area (Å²) < 4.78 is 43.2. The second kappa shape index (κ2) is 12.7. The monoisotopic (exact) mass is 539 g/mol. The summed E-state index contributed by atoms with van der Waals surface area (Å²) >= 11 is 0. The summed E-state index contributed by atoms with van der Waals surface area (Å²) in [6.45, 7) is 7.10. The fourth-order valence-electron chi connectivity index (χ4n) is 4.22. The van der Waals surface area contributed by atoms with Crippen LogP contribution in [0.25, 0.3) is 0 Å². The molecule has 0 spiro atoms. The average molecular weight is 540 g/mol. The SMILES string of the molecule is CCNC(=O)C(CC)N(Cc1cccc(C)c1)C(=O)CN(c1ccccc1F)S(=O)(=O)c1ccc(C)cc1. The van der Waals surface area contributed by atoms with Crippen LogP contribution in [0.3, 0.4) is 0 Å². The Labute approximate surface area is 224 Å². The summed E-state index contributed by atoms with van der Waals surface area (Å²) in [7, 11) is -4.32. The van der Waals surface area contributed by atoms with Gasteiger partial charge in [-0.1, -0.05) is 66.6 Å². The van der Waals surface area contributed by atoms with Crippen molar-refractivity contribution in [3.8, 4) is 0 Å². The number of halogens is 1. The number of nitrogens with one attached hydrogen (secondary N) is 1. The molecule has 1 unspecified atom stereocenters. The van der Waals surface area contributed by atoms with Gasteiger partial charge < -0.3 is 10.2 Å². The number of carbonyl (C=O) groups is 2. The van der Waals surface area contributed by atoms with E-state index in [1.807, 2.05) is 38.1 Å². The Hall–Kier alpha value is -3.72. The summed E-state index contributed by atoms with van der Waals surface area (Å²) in [5, 5.41) is 2.76. The first-order valence-corrected chi connectivity index (χ1v) is 14.0. The van der Waals surface area contributed by atoms with Crippen LogP contribution in [-0.2, 0) is 26.2 Å². The quantitative estimate of drug-likeness (QED) is 0.387. The average Bonchev–Trinajstić information content (AvgIpc) is 2.88. The largest absolute Gasteiger partial charge is 0.355 e. The molecular formula is C29H34FN3O4S. The number of nitrogens with zero attached hydrogens (tertiary/aromatic N) is 2. The van der Waals surface area contributed by atoms with Gasteiger partial charge in [0.2, 0.25) is 11.8 Å². The molecule has 0 aliphatic rings. The molecule has 2 amide bonds. The maximum Gasteiger partial charge on any atom is 0.264 e. The maximum atomic E-state index is 15.0. The number of para-hydroxylation sites is 1. The highest BCUT2D eigenvalue weighted by Gasteiger charge is 2.34. The van der Waals surface area contributed by atoms with E-state index in [4.69, 9.17) is 0 Å². The predicted molar refractivity (Wildman–Crippen MR) is 147 cm³/mol. The molecule has 7 nitrogen and oxygen atoms in total. The molecule has 3 aromatic rings. The number of hydrogen-bond donors (Lipinski definition) is 1. The van der Waals surface area contributed by atoms with E-state index < -0.39 is 34.3 Å². The van der Waals surface area contributed by atoms with Gasteiger partial charge in [-0.3, -0.25) is 13.9 Å². The van der Waals surface area contributed by atoms with Crippen molar-refractivity contribution in [2.24, 2.45) is 0 Å². The highest BCUT2D eigenvalue weighted by atomic mass is 32.2. The minimum atomic E-state index is -4.32. The number of aryl methyl sites for hydroxylation is 2. The molecule has 202 valence electrons. The molecule has 0 bridgehead atoms. The molecule has 1 N–H and O–H groups in total. The smallest absolute Gasteiger partial charge is 0.264 e. The summed E-state index contributed by atoms with van der Waals surface area (Å²) in [6.07, 6.45) is 0.313. The Bertz CT molecular complexity index is 1380. The van der Waals surface area contributed by atoms with Crippen LogP contribution in [0.2, 0.25) is 0 Å². The number of sulfonamides is 1. The van der Waals surface area contributed by atoms with Crippen LogP contribution < -0.4 is 9.62 Å². The molecule has 1 atom stereocenters. The first-order chi connectivity index (χ1) is 18.1. The van der Waals surface area contributed by atoms with Crippen LogP contribution in [-0.4, -0.2) is 44.3 Å². The second-order valence-electron chi connectivity index (χ2n) is 9.11. The van der Waals surface area contributed by atoms with Crippen molar-refractivity contribution in [2.45, 2.75) is 51.6 Å². The van der Waals surface area contributed by atoms with E-state index in [-0.39, 0.29) is 23.0 Å². The standard InChI is InChI=1S/C29H34FN3O4S/c1-5-26(29(35)31-6-2)32(19-23-11-9-10-22(4)18-23)28(34)20-33(27-13-8-7-12-25(27)30)38(36,37)24-16-14-21(3)15-17-24/h7-18,26H,5-6,19-20H2,1-4H3,(H,31,35). The number of benzene rings is 3. The topological polar surface area (TPSA) is 86.8 Å². The van der Waals surface area contributed by atoms with Crippen molar-refractivity contribution in [1.82, 2.24) is 10.2 Å². The van der Waals surface area contributed by atoms with Gasteiger partial charge >= 0.3 is 0 Å². The number of carbonyl (C=O) groups excluding carboxylic acids is 2. The molecule has 0 saturated heterocycles. The molecule has 38 heavy (non-hydrogen) atoms. The predicted octanol–water partition coefficient (Wildman–Crippen LogP) is 4.58. The van der Waals surface area contributed by atoms with Gasteiger partial charge in [-0.2, -0.15) is 0 Å². The van der Waals surface area contributed by atoms with Gasteiger partial charge in [0.05, 0.1) is 10.6 Å². The lowest BCUT2D eigenvalue weighted by atomic mass is 10.1. The minimum absolute atomic E-state index is 0.0693. The molecule has 3 rings (SSSR count). The van der Waals surface area contributed by atoms with E-state index in [1.165, 1.54) is 35.2 Å². The molecule has 0 radical (unpaired) electrons. The van der Waals surface area contributed by atoms with Gasteiger partial charge in [0.15, 0.2) is 0 Å². The summed E-state index contributed by atoms with van der Waals surface area (Å²) in [6, 6.07) is 18.2. The Morgan fingerprint density at radius 3 is 2.21 bits per heavy atom. The van der Waals surface area contributed by atoms with E-state index >= 15 is 0 Å². The minimum Gasteiger partial charge on any atom is -0.355 e. The Morgan fingerprint density at radius 2 is 1.61 bits per heavy atom. The Morgan fingerprint density at radius 1 is 0.921 bits per heavy atom. The van der Waals surface area contributed by atoms with Crippen LogP contribution in [0.1, 0.15) is 37.0 Å². The third kappa shape index (κ3) is 6.77. The van der Waals surface area contributed by atoms with Gasteiger partial charge in [0.1, 0.15) is 18.4 Å². The third-order valence-corrected chi connectivity index (χ3v) is 7.96. The third-order valence-electron chi connectivity index (χ3n) is 6.18. The van der Waals surface area contributed by atoms with E-state index in [0.717, 1.165) is 27.1 Å². The zero-order chi connectivity index (χ0) is 27.9. The summed E-state index contributed by atoms with van der Waals surface area (Å²) in [5.74, 6) is -1.74. The van der Waals surface area contributed by atoms with Gasteiger partial charge in [-0.05, 0) is 57.0 Å². The number of amides is 2. The van der Waals surface area contributed by atoms with E-state index in [9.17, 15) is 22.4 Å². The highest BCUT2D eigenvalue weighted by Crippen LogP contribution is 2.27. The van der Waals surface area contributed by atoms with Gasteiger partial charge in [-0.25, -0.2) is 12.8 Å². The zero-order valence-corrected chi connectivity index (χ0v) is 23.0. The van der Waals surface area contributed by atoms with Crippen molar-refractivity contribution in [1.29, 1.82) is 0 Å². The number of rotatable bonds is 11. The summed E-state index contributed by atoms with van der Waals surface area (Å²) in [5.41, 5.74) is 2.38. The number of likely N-dealkylation sites (N-methyl/N-ethyl adjacent to an activating group) is 1. The second-order valence-corrected chi connectivity index (χ2v) is 11.0. The fraction of sp³-hybridized carbons (Fsp3) is 0.310. The van der Waals surface area contributed by atoms with Crippen molar-refractivity contribution in [3.05, 3.63) is 95.3 Å². The van der Waals surface area contributed by atoms with Crippen LogP contribution in [0, 0.1) is 19.7 Å². The number of anilines is 1. The van der Waals surface area contributed by atoms with Crippen molar-refractivity contribution >= 4 is 27.5 Å². The Balaban J connectivity index is 2.07. The molecule has 0 heterocycles. The molecule has 9 heteroatoms. The highest BCUT2D eigenvalue weighted by molar-refractivity contribution is 7.92. The summed E-state index contributed by atoms with van der Waals surface area (Å²) in [4.78, 5) is 28.1. The Kier molecular flexibility index (Phi) is 9.63. The molecule has 0 saturated carbocycles. The van der Waals surface area contributed by atoms with Crippen LogP contribution in [0.15, 0.2) is 77.7 Å².